The molecule has 0 spiro atoms. The van der Waals surface area contributed by atoms with E-state index >= 15 is 0 Å². The molecule has 0 unspecified atom stereocenters. The lowest BCUT2D eigenvalue weighted by molar-refractivity contribution is 0.0691. The van der Waals surface area contributed by atoms with Crippen molar-refractivity contribution in [1.29, 1.82) is 0 Å². The number of carbonyl (C=O) groups excluding carboxylic acids is 1. The van der Waals surface area contributed by atoms with Gasteiger partial charge in [-0.05, 0) is 48.9 Å². The van der Waals surface area contributed by atoms with Crippen molar-refractivity contribution in [1.82, 2.24) is 0 Å². The molecule has 0 aliphatic carbocycles. The van der Waals surface area contributed by atoms with Crippen LogP contribution in [0.3, 0.4) is 0 Å². The molecule has 0 N–H and O–H groups in total. The fourth-order valence-electron chi connectivity index (χ4n) is 2.96. The Bertz CT molecular complexity index is 1110. The van der Waals surface area contributed by atoms with Crippen molar-refractivity contribution >= 4 is 28.9 Å². The van der Waals surface area contributed by atoms with Crippen molar-refractivity contribution in [3.05, 3.63) is 125 Å². The number of esters is 1. The Morgan fingerprint density at radius 3 is 1.90 bits per heavy atom. The van der Waals surface area contributed by atoms with Crippen LogP contribution >= 0.6 is 11.6 Å². The fraction of sp³-hybridized carbons (Fsp3) is 0.0741. The molecule has 0 saturated heterocycles. The summed E-state index contributed by atoms with van der Waals surface area (Å²) in [6, 6.07) is 25.7. The van der Waals surface area contributed by atoms with Gasteiger partial charge in [-0.15, -0.1) is 0 Å². The summed E-state index contributed by atoms with van der Waals surface area (Å²) in [6.07, 6.45) is 1.87. The summed E-state index contributed by atoms with van der Waals surface area (Å²) >= 11 is 6.89. The highest BCUT2D eigenvalue weighted by atomic mass is 35.5. The first kappa shape index (κ1) is 22.1. The number of hydrogen-bond donors (Lipinski definition) is 0. The Hall–Kier alpha value is -3.56. The number of benzene rings is 3. The lowest BCUT2D eigenvalue weighted by Crippen LogP contribution is -2.06. The van der Waals surface area contributed by atoms with Gasteiger partial charge in [0.25, 0.3) is 0 Å². The zero-order valence-corrected chi connectivity index (χ0v) is 18.2. The van der Waals surface area contributed by atoms with Crippen molar-refractivity contribution in [2.75, 3.05) is 7.11 Å². The topological polar surface area (TPSA) is 35.5 Å². The summed E-state index contributed by atoms with van der Waals surface area (Å²) in [4.78, 5) is 12.9. The molecule has 0 atom stereocenters. The average molecular weight is 431 g/mol. The molecule has 0 heterocycles. The number of carbonyl (C=O) groups is 1. The van der Waals surface area contributed by atoms with E-state index in [1.807, 2.05) is 49.4 Å². The predicted molar refractivity (Wildman–Crippen MR) is 127 cm³/mol. The van der Waals surface area contributed by atoms with Crippen LogP contribution in [0, 0.1) is 0 Å². The molecule has 0 aliphatic rings. The van der Waals surface area contributed by atoms with Gasteiger partial charge in [0, 0.05) is 11.1 Å². The largest absolute Gasteiger partial charge is 0.497 e. The lowest BCUT2D eigenvalue weighted by atomic mass is 10.0. The Labute approximate surface area is 187 Å². The van der Waals surface area contributed by atoms with Crippen LogP contribution in [-0.4, -0.2) is 13.1 Å². The SMILES string of the molecule is C=C(C)/C=C(/C(Cl)=C(\OC(=O)c1ccccc1)c1ccc(OC)cc1)c1ccccc1. The minimum Gasteiger partial charge on any atom is -0.497 e. The van der Waals surface area contributed by atoms with Gasteiger partial charge < -0.3 is 9.47 Å². The molecule has 0 saturated carbocycles. The van der Waals surface area contributed by atoms with Crippen LogP contribution < -0.4 is 4.74 Å². The summed E-state index contributed by atoms with van der Waals surface area (Å²) in [5.74, 6) is 0.455. The molecule has 0 fully saturated rings. The third-order valence-corrected chi connectivity index (χ3v) is 4.84. The summed E-state index contributed by atoms with van der Waals surface area (Å²) in [7, 11) is 1.59. The first-order valence-electron chi connectivity index (χ1n) is 9.74. The summed E-state index contributed by atoms with van der Waals surface area (Å²) in [6.45, 7) is 5.87. The fourth-order valence-corrected chi connectivity index (χ4v) is 3.27. The Morgan fingerprint density at radius 2 is 1.39 bits per heavy atom. The van der Waals surface area contributed by atoms with E-state index in [9.17, 15) is 4.79 Å². The van der Waals surface area contributed by atoms with Gasteiger partial charge in [-0.2, -0.15) is 0 Å². The predicted octanol–water partition coefficient (Wildman–Crippen LogP) is 7.12. The first-order valence-corrected chi connectivity index (χ1v) is 10.1. The summed E-state index contributed by atoms with van der Waals surface area (Å²) in [5, 5.41) is 0.309. The van der Waals surface area contributed by atoms with Crippen molar-refractivity contribution in [2.45, 2.75) is 6.92 Å². The van der Waals surface area contributed by atoms with Crippen LogP contribution in [0.25, 0.3) is 11.3 Å². The second-order valence-corrected chi connectivity index (χ2v) is 7.28. The Morgan fingerprint density at radius 1 is 0.839 bits per heavy atom. The highest BCUT2D eigenvalue weighted by Gasteiger charge is 2.19. The molecule has 0 amide bonds. The second kappa shape index (κ2) is 10.5. The van der Waals surface area contributed by atoms with E-state index in [0.717, 1.165) is 11.1 Å². The average Bonchev–Trinajstić information content (AvgIpc) is 2.81. The van der Waals surface area contributed by atoms with E-state index in [0.29, 0.717) is 27.5 Å². The van der Waals surface area contributed by atoms with Crippen LogP contribution in [0.1, 0.15) is 28.4 Å². The molecule has 0 aromatic heterocycles. The molecular formula is C27H23ClO3. The highest BCUT2D eigenvalue weighted by molar-refractivity contribution is 6.40. The molecule has 4 heteroatoms. The van der Waals surface area contributed by atoms with Gasteiger partial charge in [0.05, 0.1) is 17.7 Å². The molecule has 31 heavy (non-hydrogen) atoms. The molecule has 0 aliphatic heterocycles. The maximum Gasteiger partial charge on any atom is 0.343 e. The quantitative estimate of drug-likeness (QED) is 0.227. The van der Waals surface area contributed by atoms with Crippen molar-refractivity contribution < 1.29 is 14.3 Å². The standard InChI is InChI=1S/C27H23ClO3/c1-19(2)18-24(20-10-6-4-7-11-20)25(28)26(21-14-16-23(30-3)17-15-21)31-27(29)22-12-8-5-9-13-22/h4-18H,1H2,2-3H3/b24-18+,26-25+. The smallest absolute Gasteiger partial charge is 0.343 e. The molecule has 156 valence electrons. The van der Waals surface area contributed by atoms with Gasteiger partial charge in [-0.1, -0.05) is 78.4 Å². The lowest BCUT2D eigenvalue weighted by Gasteiger charge is -2.15. The third-order valence-electron chi connectivity index (χ3n) is 4.47. The minimum atomic E-state index is -0.493. The third kappa shape index (κ3) is 5.74. The molecule has 3 aromatic rings. The van der Waals surface area contributed by atoms with Gasteiger partial charge in [-0.25, -0.2) is 4.79 Å². The Balaban J connectivity index is 2.15. The van der Waals surface area contributed by atoms with Gasteiger partial charge in [0.1, 0.15) is 5.75 Å². The van der Waals surface area contributed by atoms with Gasteiger partial charge in [0.2, 0.25) is 0 Å². The maximum atomic E-state index is 12.9. The van der Waals surface area contributed by atoms with Crippen LogP contribution in [0.15, 0.2) is 108 Å². The van der Waals surface area contributed by atoms with Gasteiger partial charge in [-0.3, -0.25) is 0 Å². The second-order valence-electron chi connectivity index (χ2n) is 6.90. The van der Waals surface area contributed by atoms with E-state index in [4.69, 9.17) is 21.1 Å². The molecule has 3 rings (SSSR count). The molecular weight excluding hydrogens is 408 g/mol. The summed E-state index contributed by atoms with van der Waals surface area (Å²) in [5.41, 5.74) is 3.50. The van der Waals surface area contributed by atoms with E-state index in [1.54, 1.807) is 55.6 Å². The van der Waals surface area contributed by atoms with Gasteiger partial charge >= 0.3 is 5.97 Å². The van der Waals surface area contributed by atoms with E-state index < -0.39 is 5.97 Å². The number of ether oxygens (including phenoxy) is 2. The zero-order chi connectivity index (χ0) is 22.2. The van der Waals surface area contributed by atoms with E-state index in [2.05, 4.69) is 6.58 Å². The number of rotatable bonds is 7. The first-order chi connectivity index (χ1) is 15.0. The Kier molecular flexibility index (Phi) is 7.47. The van der Waals surface area contributed by atoms with E-state index in [1.165, 1.54) is 0 Å². The minimum absolute atomic E-state index is 0.259. The van der Waals surface area contributed by atoms with E-state index in [-0.39, 0.29) is 5.76 Å². The summed E-state index contributed by atoms with van der Waals surface area (Å²) < 4.78 is 11.1. The highest BCUT2D eigenvalue weighted by Crippen LogP contribution is 2.35. The zero-order valence-electron chi connectivity index (χ0n) is 17.5. The number of halogens is 1. The number of hydrogen-bond acceptors (Lipinski definition) is 3. The molecule has 0 bridgehead atoms. The van der Waals surface area contributed by atoms with Crippen molar-refractivity contribution in [2.24, 2.45) is 0 Å². The van der Waals surface area contributed by atoms with Crippen molar-refractivity contribution in [3.63, 3.8) is 0 Å². The normalized spacial score (nSPS) is 12.0. The molecule has 3 nitrogen and oxygen atoms in total. The molecule has 0 radical (unpaired) electrons. The van der Waals surface area contributed by atoms with Crippen LogP contribution in [0.2, 0.25) is 0 Å². The van der Waals surface area contributed by atoms with Crippen LogP contribution in [-0.2, 0) is 4.74 Å². The van der Waals surface area contributed by atoms with Crippen molar-refractivity contribution in [3.8, 4) is 5.75 Å². The van der Waals surface area contributed by atoms with Crippen LogP contribution in [0.5, 0.6) is 5.75 Å². The molecule has 3 aromatic carbocycles. The number of methoxy groups -OCH3 is 1. The maximum absolute atomic E-state index is 12.9. The number of allylic oxidation sites excluding steroid dienone is 4. The monoisotopic (exact) mass is 430 g/mol. The van der Waals surface area contributed by atoms with Crippen LogP contribution in [0.4, 0.5) is 0 Å². The van der Waals surface area contributed by atoms with Gasteiger partial charge in [0.15, 0.2) is 5.76 Å².